The molecule has 0 aromatic carbocycles. The third-order valence-electron chi connectivity index (χ3n) is 20.9. The number of hydrogen-bond acceptors (Lipinski definition) is 0. The van der Waals surface area contributed by atoms with Gasteiger partial charge in [0.05, 0.1) is 0 Å². The summed E-state index contributed by atoms with van der Waals surface area (Å²) >= 11 is 0. The normalized spacial score (nSPS) is 138. The first-order valence-corrected chi connectivity index (χ1v) is 13.9. The average Bonchev–Trinajstić information content (AvgIpc) is 3.22. The third-order valence-corrected chi connectivity index (χ3v) is 74.7. The molecule has 10 rings (SSSR count). The molecule has 10 aliphatic rings. The molecule has 0 aromatic heterocycles. The van der Waals surface area contributed by atoms with E-state index < -0.39 is 6.51 Å². The summed E-state index contributed by atoms with van der Waals surface area (Å²) in [5.74, 6) is 0. The zero-order valence-electron chi connectivity index (χ0n) is 12.6. The monoisotopic (exact) mass is 284 g/mol. The minimum atomic E-state index is -3.46. The van der Waals surface area contributed by atoms with Crippen molar-refractivity contribution in [2.75, 3.05) is 0 Å². The van der Waals surface area contributed by atoms with Gasteiger partial charge in [-0.1, -0.05) is 0 Å². The summed E-state index contributed by atoms with van der Waals surface area (Å²) in [5.41, 5.74) is 0. The van der Waals surface area contributed by atoms with Crippen LogP contribution >= 0.6 is 0 Å². The van der Waals surface area contributed by atoms with Crippen LogP contribution in [0.4, 0.5) is 0 Å². The summed E-state index contributed by atoms with van der Waals surface area (Å²) in [7, 11) is 0. The molecule has 0 N–H and O–H groups in total. The first kappa shape index (κ1) is 7.51. The molecule has 8 unspecified atom stereocenters. The predicted molar refractivity (Wildman–Crippen MR) is 69.8 cm³/mol. The molecule has 0 amide bonds. The third kappa shape index (κ3) is 0.0456. The fourth-order valence-corrected chi connectivity index (χ4v) is 122. The topological polar surface area (TPSA) is 0 Å². The van der Waals surface area contributed by atoms with E-state index in [4.69, 9.17) is 0 Å². The molecule has 0 aromatic rings. The van der Waals surface area contributed by atoms with Gasteiger partial charge in [-0.2, -0.15) is 0 Å². The standard InChI is InChI=1S/C9H13.C8H11.Fe/c1-6-5-7(2)9(4)8(6)3;1-6-4-7(2)8(3)5-6;/h5H,1-4H3;4-5H,1-3H3;. The second-order valence-corrected chi connectivity index (χ2v) is 36.2. The van der Waals surface area contributed by atoms with E-state index in [1.807, 2.05) is 0 Å². The molecule has 1 heteroatoms. The van der Waals surface area contributed by atoms with Crippen LogP contribution in [0, 0.1) is 0 Å². The van der Waals surface area contributed by atoms with Crippen LogP contribution in [-0.4, -0.2) is 0 Å². The molecule has 18 heavy (non-hydrogen) atoms. The second kappa shape index (κ2) is 0.513. The van der Waals surface area contributed by atoms with Crippen molar-refractivity contribution >= 4 is 0 Å². The number of hydrogen-bond donors (Lipinski definition) is 0. The Labute approximate surface area is 99.6 Å². The van der Waals surface area contributed by atoms with Gasteiger partial charge in [-0.25, -0.2) is 0 Å². The molecule has 0 nitrogen and oxygen atoms in total. The summed E-state index contributed by atoms with van der Waals surface area (Å²) in [6.45, 7) is 16.5. The quantitative estimate of drug-likeness (QED) is 0.471. The van der Waals surface area contributed by atoms with Crippen LogP contribution in [-0.2, 0) is 6.51 Å². The number of rotatable bonds is 0. The summed E-state index contributed by atoms with van der Waals surface area (Å²) in [6.07, 6.45) is 0. The van der Waals surface area contributed by atoms with E-state index in [9.17, 15) is 0 Å². The molecule has 10 fully saturated rings. The first-order valence-electron chi connectivity index (χ1n) is 8.08. The SMILES string of the molecule is C[C]12[CH]3[C]4(C)[C]5(C)[CH]1[Fe]32451678[CH]2[C]1(C)[C]6(C)[C]7(C)[C]28C. The minimum absolute atomic E-state index is 0.918. The van der Waals surface area contributed by atoms with Crippen LogP contribution in [0.5, 0.6) is 0 Å². The zero-order chi connectivity index (χ0) is 12.5. The molecular formula is C17H24Fe. The van der Waals surface area contributed by atoms with Crippen molar-refractivity contribution in [2.24, 2.45) is 0 Å². The van der Waals surface area contributed by atoms with E-state index in [-0.39, 0.29) is 0 Å². The van der Waals surface area contributed by atoms with Crippen LogP contribution in [0.1, 0.15) is 48.5 Å². The Kier molecular flexibility index (Phi) is 0.214. The van der Waals surface area contributed by atoms with Gasteiger partial charge >= 0.3 is 99.6 Å². The van der Waals surface area contributed by atoms with Crippen molar-refractivity contribution < 1.29 is 6.51 Å². The number of fused-ring (bicyclic) bond motifs is 10. The second-order valence-electron chi connectivity index (χ2n) is 12.7. The maximum atomic E-state index is 2.86. The fraction of sp³-hybridized carbons (Fsp3) is 1.00. The predicted octanol–water partition coefficient (Wildman–Crippen LogP) is 6.11. The Morgan fingerprint density at radius 3 is 0.944 bits per heavy atom. The molecule has 1 spiro atoms. The van der Waals surface area contributed by atoms with Crippen LogP contribution in [0.25, 0.3) is 0 Å². The fourth-order valence-electron chi connectivity index (χ4n) is 26.6. The molecular weight excluding hydrogens is 260 g/mol. The van der Waals surface area contributed by atoms with E-state index in [0.717, 1.165) is 30.2 Å². The molecule has 0 radical (unpaired) electrons. The van der Waals surface area contributed by atoms with Crippen LogP contribution in [0.15, 0.2) is 0 Å². The molecule has 10 aliphatic heterocycles. The Morgan fingerprint density at radius 2 is 0.944 bits per heavy atom. The molecule has 10 saturated heterocycles. The van der Waals surface area contributed by atoms with Gasteiger partial charge in [0.15, 0.2) is 0 Å². The maximum absolute atomic E-state index is 3.46. The molecule has 0 saturated carbocycles. The Balaban J connectivity index is 1.95. The molecule has 100 valence electrons. The van der Waals surface area contributed by atoms with E-state index in [1.165, 1.54) is 14.4 Å². The van der Waals surface area contributed by atoms with Crippen LogP contribution in [0.3, 0.4) is 0 Å². The summed E-state index contributed by atoms with van der Waals surface area (Å²) in [6, 6.07) is 0. The summed E-state index contributed by atoms with van der Waals surface area (Å²) in [4.78, 5) is 3.97. The van der Waals surface area contributed by atoms with Crippen LogP contribution in [0.2, 0.25) is 44.6 Å². The van der Waals surface area contributed by atoms with Gasteiger partial charge in [0.2, 0.25) is 0 Å². The van der Waals surface area contributed by atoms with Gasteiger partial charge in [-0.15, -0.1) is 0 Å². The van der Waals surface area contributed by atoms with Crippen molar-refractivity contribution in [3.8, 4) is 0 Å². The van der Waals surface area contributed by atoms with E-state index in [1.54, 1.807) is 0 Å². The summed E-state index contributed by atoms with van der Waals surface area (Å²) < 4.78 is 6.58. The van der Waals surface area contributed by atoms with Crippen LogP contribution < -0.4 is 0 Å². The van der Waals surface area contributed by atoms with E-state index in [0.29, 0.717) is 0 Å². The zero-order valence-corrected chi connectivity index (χ0v) is 13.7. The van der Waals surface area contributed by atoms with Gasteiger partial charge < -0.3 is 0 Å². The Hall–Kier alpha value is 0.519. The molecule has 10 heterocycles. The molecule has 0 bridgehead atoms. The summed E-state index contributed by atoms with van der Waals surface area (Å²) in [5, 5.41) is 0. The van der Waals surface area contributed by atoms with Gasteiger partial charge in [0, 0.05) is 0 Å². The van der Waals surface area contributed by atoms with E-state index >= 15 is 0 Å². The van der Waals surface area contributed by atoms with E-state index in [2.05, 4.69) is 48.5 Å². The van der Waals surface area contributed by atoms with Crippen molar-refractivity contribution in [3.05, 3.63) is 0 Å². The van der Waals surface area contributed by atoms with Crippen molar-refractivity contribution in [2.45, 2.75) is 93.1 Å². The van der Waals surface area contributed by atoms with Gasteiger partial charge in [0.1, 0.15) is 0 Å². The van der Waals surface area contributed by atoms with Crippen molar-refractivity contribution in [1.82, 2.24) is 0 Å². The Morgan fingerprint density at radius 1 is 0.556 bits per heavy atom. The Bertz CT molecular complexity index is 1090. The van der Waals surface area contributed by atoms with Gasteiger partial charge in [-0.05, 0) is 0 Å². The van der Waals surface area contributed by atoms with Gasteiger partial charge in [0.25, 0.3) is 0 Å². The van der Waals surface area contributed by atoms with Crippen molar-refractivity contribution in [3.63, 3.8) is 0 Å². The van der Waals surface area contributed by atoms with Gasteiger partial charge in [-0.3, -0.25) is 0 Å². The van der Waals surface area contributed by atoms with Crippen molar-refractivity contribution in [1.29, 1.82) is 0 Å². The molecule has 8 atom stereocenters. The molecule has 0 aliphatic carbocycles. The first-order chi connectivity index (χ1) is 7.89. The average molecular weight is 284 g/mol.